The molecule has 1 radical (unpaired) electrons. The van der Waals surface area contributed by atoms with Gasteiger partial charge in [0, 0.05) is 9.77 Å². The highest BCUT2D eigenvalue weighted by molar-refractivity contribution is 7.98. The minimum absolute atomic E-state index is 0.217. The van der Waals surface area contributed by atoms with Gasteiger partial charge in [0.25, 0.3) is 0 Å². The molecule has 0 fully saturated rings. The summed E-state index contributed by atoms with van der Waals surface area (Å²) in [6.45, 7) is 3.76. The molecule has 3 rings (SSSR count). The third-order valence-corrected chi connectivity index (χ3v) is 7.89. The number of sulfone groups is 1. The smallest absolute Gasteiger partial charge is 0.216 e. The minimum atomic E-state index is -3.62. The number of thiophene rings is 1. The summed E-state index contributed by atoms with van der Waals surface area (Å²) in [5.74, 6) is 0. The van der Waals surface area contributed by atoms with Crippen LogP contribution in [0.15, 0.2) is 68.6 Å². The third kappa shape index (κ3) is 3.40. The average Bonchev–Trinajstić information content (AvgIpc) is 2.95. The fourth-order valence-corrected chi connectivity index (χ4v) is 5.87. The molecular weight excluding hydrogens is 380 g/mol. The minimum Gasteiger partial charge on any atom is -0.218 e. The summed E-state index contributed by atoms with van der Waals surface area (Å²) in [5.41, 5.74) is 1.85. The highest BCUT2D eigenvalue weighted by Crippen LogP contribution is 2.36. The van der Waals surface area contributed by atoms with E-state index in [2.05, 4.69) is 6.92 Å². The van der Waals surface area contributed by atoms with E-state index >= 15 is 0 Å². The second-order valence-electron chi connectivity index (χ2n) is 5.10. The van der Waals surface area contributed by atoms with Gasteiger partial charge in [0.15, 0.2) is 0 Å². The van der Waals surface area contributed by atoms with E-state index in [1.165, 1.54) is 17.8 Å². The van der Waals surface area contributed by atoms with Gasteiger partial charge in [-0.15, -0.1) is 23.1 Å². The monoisotopic (exact) mass is 393 g/mol. The normalized spacial score (nSPS) is 11.6. The molecule has 0 unspecified atom stereocenters. The molecule has 24 heavy (non-hydrogen) atoms. The molecule has 3 aromatic rings. The Labute approximate surface area is 155 Å². The molecular formula is C18H14ClO2S3. The second kappa shape index (κ2) is 6.92. The SMILES string of the molecule is [CH2]c1sc(S(=O)(=O)c2cc(SC)cc(-c3ccccc3)c2)cc1Cl. The Kier molecular flexibility index (Phi) is 5.06. The average molecular weight is 394 g/mol. The summed E-state index contributed by atoms with van der Waals surface area (Å²) >= 11 is 8.59. The highest BCUT2D eigenvalue weighted by atomic mass is 35.5. The lowest BCUT2D eigenvalue weighted by atomic mass is 10.1. The zero-order valence-electron chi connectivity index (χ0n) is 12.8. The van der Waals surface area contributed by atoms with Crippen molar-refractivity contribution in [2.45, 2.75) is 14.0 Å². The van der Waals surface area contributed by atoms with E-state index in [-0.39, 0.29) is 9.10 Å². The molecule has 2 aromatic carbocycles. The lowest BCUT2D eigenvalue weighted by molar-refractivity contribution is 0.598. The number of halogens is 1. The Hall–Kier alpha value is -1.27. The van der Waals surface area contributed by atoms with Crippen molar-refractivity contribution in [2.24, 2.45) is 0 Å². The molecule has 0 N–H and O–H groups in total. The molecule has 1 aromatic heterocycles. The Balaban J connectivity index is 2.17. The van der Waals surface area contributed by atoms with Crippen molar-refractivity contribution in [1.29, 1.82) is 0 Å². The van der Waals surface area contributed by atoms with E-state index in [1.54, 1.807) is 12.1 Å². The van der Waals surface area contributed by atoms with Crippen LogP contribution in [0, 0.1) is 6.92 Å². The Bertz CT molecular complexity index is 957. The molecule has 2 nitrogen and oxygen atoms in total. The van der Waals surface area contributed by atoms with Gasteiger partial charge < -0.3 is 0 Å². The van der Waals surface area contributed by atoms with E-state index in [1.807, 2.05) is 42.7 Å². The van der Waals surface area contributed by atoms with Crippen molar-refractivity contribution in [3.8, 4) is 11.1 Å². The lowest BCUT2D eigenvalue weighted by Gasteiger charge is -2.09. The molecule has 0 aliphatic rings. The van der Waals surface area contributed by atoms with Crippen molar-refractivity contribution in [1.82, 2.24) is 0 Å². The van der Waals surface area contributed by atoms with Crippen LogP contribution in [0.4, 0.5) is 0 Å². The van der Waals surface area contributed by atoms with Gasteiger partial charge in [0.2, 0.25) is 9.84 Å². The van der Waals surface area contributed by atoms with Gasteiger partial charge >= 0.3 is 0 Å². The van der Waals surface area contributed by atoms with Crippen molar-refractivity contribution in [3.63, 3.8) is 0 Å². The number of thioether (sulfide) groups is 1. The van der Waals surface area contributed by atoms with E-state index < -0.39 is 9.84 Å². The van der Waals surface area contributed by atoms with Crippen LogP contribution < -0.4 is 0 Å². The first-order chi connectivity index (χ1) is 11.4. The molecule has 0 atom stereocenters. The second-order valence-corrected chi connectivity index (χ2v) is 9.70. The van der Waals surface area contributed by atoms with Crippen LogP contribution in [0.25, 0.3) is 11.1 Å². The molecule has 0 aliphatic heterocycles. The quantitative estimate of drug-likeness (QED) is 0.525. The first-order valence-corrected chi connectivity index (χ1v) is 10.9. The largest absolute Gasteiger partial charge is 0.218 e. The van der Waals surface area contributed by atoms with Crippen LogP contribution in [0.5, 0.6) is 0 Å². The van der Waals surface area contributed by atoms with Crippen molar-refractivity contribution in [2.75, 3.05) is 6.26 Å². The van der Waals surface area contributed by atoms with Crippen LogP contribution in [0.3, 0.4) is 0 Å². The molecule has 0 bridgehead atoms. The molecule has 0 spiro atoms. The van der Waals surface area contributed by atoms with E-state index in [4.69, 9.17) is 11.6 Å². The molecule has 123 valence electrons. The maximum Gasteiger partial charge on any atom is 0.216 e. The molecule has 0 amide bonds. The van der Waals surface area contributed by atoms with Crippen LogP contribution in [0.2, 0.25) is 5.02 Å². The Morgan fingerprint density at radius 2 is 1.75 bits per heavy atom. The molecule has 1 heterocycles. The van der Waals surface area contributed by atoms with Crippen LogP contribution in [-0.4, -0.2) is 14.7 Å². The fourth-order valence-electron chi connectivity index (χ4n) is 2.27. The Morgan fingerprint density at radius 1 is 1.04 bits per heavy atom. The van der Waals surface area contributed by atoms with Gasteiger partial charge in [-0.25, -0.2) is 8.42 Å². The maximum atomic E-state index is 13.0. The first kappa shape index (κ1) is 17.5. The van der Waals surface area contributed by atoms with Crippen LogP contribution in [-0.2, 0) is 9.84 Å². The van der Waals surface area contributed by atoms with Gasteiger partial charge in [0.1, 0.15) is 4.21 Å². The van der Waals surface area contributed by atoms with Crippen LogP contribution >= 0.6 is 34.7 Å². The molecule has 0 saturated carbocycles. The predicted molar refractivity (Wildman–Crippen MR) is 103 cm³/mol. The fraction of sp³-hybridized carbons (Fsp3) is 0.0556. The summed E-state index contributed by atoms with van der Waals surface area (Å²) in [6.07, 6.45) is 1.93. The number of benzene rings is 2. The van der Waals surface area contributed by atoms with Crippen LogP contribution in [0.1, 0.15) is 4.88 Å². The van der Waals surface area contributed by atoms with Gasteiger partial charge in [-0.1, -0.05) is 41.9 Å². The molecule has 6 heteroatoms. The maximum absolute atomic E-state index is 13.0. The third-order valence-electron chi connectivity index (χ3n) is 3.53. The van der Waals surface area contributed by atoms with Gasteiger partial charge in [-0.2, -0.15) is 0 Å². The van der Waals surface area contributed by atoms with Gasteiger partial charge in [0.05, 0.1) is 9.92 Å². The van der Waals surface area contributed by atoms with E-state index in [0.29, 0.717) is 9.90 Å². The highest BCUT2D eigenvalue weighted by Gasteiger charge is 2.22. The number of rotatable bonds is 4. The summed E-state index contributed by atoms with van der Waals surface area (Å²) in [4.78, 5) is 1.72. The summed E-state index contributed by atoms with van der Waals surface area (Å²) in [5, 5.41) is 0.378. The molecule has 0 saturated heterocycles. The molecule has 0 aliphatic carbocycles. The lowest BCUT2D eigenvalue weighted by Crippen LogP contribution is -2.00. The van der Waals surface area contributed by atoms with Gasteiger partial charge in [-0.3, -0.25) is 0 Å². The van der Waals surface area contributed by atoms with Crippen molar-refractivity contribution in [3.05, 3.63) is 71.4 Å². The zero-order chi connectivity index (χ0) is 17.3. The van der Waals surface area contributed by atoms with Crippen molar-refractivity contribution < 1.29 is 8.42 Å². The van der Waals surface area contributed by atoms with E-state index in [9.17, 15) is 8.42 Å². The number of hydrogen-bond acceptors (Lipinski definition) is 4. The van der Waals surface area contributed by atoms with Gasteiger partial charge in [-0.05, 0) is 48.6 Å². The standard InChI is InChI=1S/C18H14ClO2S3/c1-12-17(19)11-18(23-12)24(20,21)16-9-14(8-15(10-16)22-2)13-6-4-3-5-7-13/h3-11H,1H2,2H3. The Morgan fingerprint density at radius 3 is 2.33 bits per heavy atom. The topological polar surface area (TPSA) is 34.1 Å². The van der Waals surface area contributed by atoms with E-state index in [0.717, 1.165) is 27.4 Å². The summed E-state index contributed by atoms with van der Waals surface area (Å²) < 4.78 is 26.1. The summed E-state index contributed by atoms with van der Waals surface area (Å²) in [6, 6.07) is 16.6. The predicted octanol–water partition coefficient (Wildman–Crippen LogP) is 5.81. The summed E-state index contributed by atoms with van der Waals surface area (Å²) in [7, 11) is -3.62. The van der Waals surface area contributed by atoms with Crippen molar-refractivity contribution >= 4 is 44.5 Å². The zero-order valence-corrected chi connectivity index (χ0v) is 16.0. The first-order valence-electron chi connectivity index (χ1n) is 7.02. The number of hydrogen-bond donors (Lipinski definition) is 0.